The van der Waals surface area contributed by atoms with Crippen LogP contribution < -0.4 is 5.32 Å². The van der Waals surface area contributed by atoms with Gasteiger partial charge in [-0.15, -0.1) is 0 Å². The molecule has 2 atom stereocenters. The lowest BCUT2D eigenvalue weighted by molar-refractivity contribution is 0.550. The minimum Gasteiger partial charge on any atom is -0.358 e. The zero-order valence-corrected chi connectivity index (χ0v) is 8.48. The third-order valence-electron chi connectivity index (χ3n) is 2.14. The van der Waals surface area contributed by atoms with Gasteiger partial charge in [-0.05, 0) is 32.1 Å². The summed E-state index contributed by atoms with van der Waals surface area (Å²) in [7, 11) is 0. The summed E-state index contributed by atoms with van der Waals surface area (Å²) in [6.45, 7) is 6.26. The summed E-state index contributed by atoms with van der Waals surface area (Å²) in [6, 6.07) is 0.390. The lowest BCUT2D eigenvalue weighted by Crippen LogP contribution is -2.43. The highest BCUT2D eigenvalue weighted by molar-refractivity contribution is 7.80. The molecule has 12 heavy (non-hydrogen) atoms. The quantitative estimate of drug-likeness (QED) is 0.626. The Labute approximate surface area is 78.8 Å². The van der Waals surface area contributed by atoms with Crippen molar-refractivity contribution in [3.63, 3.8) is 0 Å². The van der Waals surface area contributed by atoms with E-state index in [1.54, 1.807) is 0 Å². The molecule has 0 bridgehead atoms. The Morgan fingerprint density at radius 2 is 2.17 bits per heavy atom. The normalized spacial score (nSPS) is 30.2. The number of hydrogen-bond acceptors (Lipinski definition) is 1. The van der Waals surface area contributed by atoms with Crippen molar-refractivity contribution in [2.24, 2.45) is 10.9 Å². The molecule has 0 aromatic heterocycles. The lowest BCUT2D eigenvalue weighted by atomic mass is 9.96. The zero-order valence-electron chi connectivity index (χ0n) is 7.66. The predicted molar refractivity (Wildman–Crippen MR) is 56.6 cm³/mol. The van der Waals surface area contributed by atoms with Gasteiger partial charge in [-0.2, -0.15) is 0 Å². The van der Waals surface area contributed by atoms with Gasteiger partial charge in [0.2, 0.25) is 0 Å². The first kappa shape index (κ1) is 9.39. The molecule has 0 saturated carbocycles. The van der Waals surface area contributed by atoms with E-state index in [4.69, 9.17) is 12.2 Å². The molecule has 0 amide bonds. The first-order valence-corrected chi connectivity index (χ1v) is 4.57. The van der Waals surface area contributed by atoms with Gasteiger partial charge >= 0.3 is 0 Å². The Bertz CT molecular complexity index is 243. The molecule has 0 saturated heterocycles. The van der Waals surface area contributed by atoms with Crippen LogP contribution in [-0.2, 0) is 0 Å². The van der Waals surface area contributed by atoms with Crippen LogP contribution >= 0.6 is 12.2 Å². The van der Waals surface area contributed by atoms with E-state index in [0.29, 0.717) is 17.1 Å². The van der Waals surface area contributed by atoms with Crippen LogP contribution in [0.5, 0.6) is 0 Å². The van der Waals surface area contributed by atoms with Crippen LogP contribution in [0.25, 0.3) is 0 Å². The third-order valence-corrected chi connectivity index (χ3v) is 2.34. The summed E-state index contributed by atoms with van der Waals surface area (Å²) in [4.78, 5) is 4.25. The van der Waals surface area contributed by atoms with Gasteiger partial charge in [-0.3, -0.25) is 0 Å². The molecule has 1 N–H and O–H groups in total. The molecule has 0 spiro atoms. The van der Waals surface area contributed by atoms with Crippen molar-refractivity contribution in [3.05, 3.63) is 12.2 Å². The van der Waals surface area contributed by atoms with E-state index in [-0.39, 0.29) is 0 Å². The molecule has 2 nitrogen and oxygen atoms in total. The molecule has 1 aliphatic rings. The fourth-order valence-corrected chi connectivity index (χ4v) is 1.48. The van der Waals surface area contributed by atoms with Crippen LogP contribution in [0.3, 0.4) is 0 Å². The summed E-state index contributed by atoms with van der Waals surface area (Å²) < 4.78 is 0. The fraction of sp³-hybridized carbons (Fsp3) is 0.556. The average molecular weight is 182 g/mol. The van der Waals surface area contributed by atoms with E-state index in [2.05, 4.69) is 24.2 Å². The molecular weight excluding hydrogens is 168 g/mol. The van der Waals surface area contributed by atoms with Gasteiger partial charge in [0.05, 0.1) is 0 Å². The summed E-state index contributed by atoms with van der Waals surface area (Å²) in [5.74, 6) is 0.438. The summed E-state index contributed by atoms with van der Waals surface area (Å²) >= 11 is 4.99. The molecule has 66 valence electrons. The first-order chi connectivity index (χ1) is 5.65. The van der Waals surface area contributed by atoms with Crippen molar-refractivity contribution in [1.29, 1.82) is 0 Å². The molecule has 0 aromatic rings. The van der Waals surface area contributed by atoms with Crippen LogP contribution in [-0.4, -0.2) is 16.9 Å². The van der Waals surface area contributed by atoms with E-state index in [0.717, 1.165) is 5.71 Å². The number of aliphatic imine (C=N–C) groups is 1. The lowest BCUT2D eigenvalue weighted by Gasteiger charge is -2.26. The van der Waals surface area contributed by atoms with Crippen LogP contribution in [0.2, 0.25) is 0 Å². The van der Waals surface area contributed by atoms with Crippen LogP contribution in [0.1, 0.15) is 20.8 Å². The molecule has 1 aliphatic heterocycles. The summed E-state index contributed by atoms with van der Waals surface area (Å²) in [5, 5.41) is 3.73. The molecule has 2 unspecified atom stereocenters. The van der Waals surface area contributed by atoms with Gasteiger partial charge in [0.25, 0.3) is 0 Å². The SMILES string of the molecule is C/C=C/C1=NC(=S)NC(C)C1C. The summed E-state index contributed by atoms with van der Waals surface area (Å²) in [5.41, 5.74) is 1.08. The molecule has 3 heteroatoms. The van der Waals surface area contributed by atoms with E-state index in [1.165, 1.54) is 0 Å². The maximum atomic E-state index is 4.99. The Morgan fingerprint density at radius 3 is 2.75 bits per heavy atom. The van der Waals surface area contributed by atoms with Gasteiger partial charge < -0.3 is 5.32 Å². The highest BCUT2D eigenvalue weighted by atomic mass is 32.1. The van der Waals surface area contributed by atoms with Gasteiger partial charge in [0.15, 0.2) is 5.11 Å². The largest absolute Gasteiger partial charge is 0.358 e. The van der Waals surface area contributed by atoms with Gasteiger partial charge in [-0.25, -0.2) is 4.99 Å². The standard InChI is InChI=1S/C9H14N2S/c1-4-5-8-6(2)7(3)10-9(12)11-8/h4-7H,1-3H3,(H,10,12)/b5-4+. The monoisotopic (exact) mass is 182 g/mol. The number of rotatable bonds is 1. The Balaban J connectivity index is 2.88. The Morgan fingerprint density at radius 1 is 1.50 bits per heavy atom. The minimum absolute atomic E-state index is 0.390. The fourth-order valence-electron chi connectivity index (χ4n) is 1.19. The molecular formula is C9H14N2S. The maximum Gasteiger partial charge on any atom is 0.193 e. The number of nitrogens with zero attached hydrogens (tertiary/aromatic N) is 1. The van der Waals surface area contributed by atoms with E-state index >= 15 is 0 Å². The maximum absolute atomic E-state index is 4.99. The Hall–Kier alpha value is -0.700. The minimum atomic E-state index is 0.390. The van der Waals surface area contributed by atoms with E-state index < -0.39 is 0 Å². The highest BCUT2D eigenvalue weighted by Crippen LogP contribution is 2.11. The molecule has 0 aliphatic carbocycles. The van der Waals surface area contributed by atoms with Crippen molar-refractivity contribution in [3.8, 4) is 0 Å². The summed E-state index contributed by atoms with van der Waals surface area (Å²) in [6.07, 6.45) is 4.02. The zero-order chi connectivity index (χ0) is 9.14. The third kappa shape index (κ3) is 1.91. The molecule has 0 fully saturated rings. The second-order valence-electron chi connectivity index (χ2n) is 3.06. The first-order valence-electron chi connectivity index (χ1n) is 4.17. The number of hydrogen-bond donors (Lipinski definition) is 1. The van der Waals surface area contributed by atoms with Crippen LogP contribution in [0.4, 0.5) is 0 Å². The van der Waals surface area contributed by atoms with Crippen molar-refractivity contribution >= 4 is 23.0 Å². The number of allylic oxidation sites excluding steroid dienone is 2. The average Bonchev–Trinajstić information content (AvgIpc) is 2.00. The van der Waals surface area contributed by atoms with Crippen molar-refractivity contribution in [1.82, 2.24) is 5.32 Å². The topological polar surface area (TPSA) is 24.4 Å². The van der Waals surface area contributed by atoms with Gasteiger partial charge in [0, 0.05) is 17.7 Å². The number of thiocarbonyl (C=S) groups is 1. The smallest absolute Gasteiger partial charge is 0.193 e. The van der Waals surface area contributed by atoms with Crippen molar-refractivity contribution < 1.29 is 0 Å². The highest BCUT2D eigenvalue weighted by Gasteiger charge is 2.21. The van der Waals surface area contributed by atoms with Gasteiger partial charge in [0.1, 0.15) is 0 Å². The van der Waals surface area contributed by atoms with E-state index in [1.807, 2.05) is 19.1 Å². The van der Waals surface area contributed by atoms with E-state index in [9.17, 15) is 0 Å². The second-order valence-corrected chi connectivity index (χ2v) is 3.45. The van der Waals surface area contributed by atoms with Crippen LogP contribution in [0.15, 0.2) is 17.1 Å². The van der Waals surface area contributed by atoms with Crippen molar-refractivity contribution in [2.75, 3.05) is 0 Å². The molecule has 0 aromatic carbocycles. The molecule has 0 radical (unpaired) electrons. The van der Waals surface area contributed by atoms with Gasteiger partial charge in [-0.1, -0.05) is 13.0 Å². The molecule has 1 rings (SSSR count). The van der Waals surface area contributed by atoms with Crippen LogP contribution in [0, 0.1) is 5.92 Å². The van der Waals surface area contributed by atoms with Crippen molar-refractivity contribution in [2.45, 2.75) is 26.8 Å². The number of nitrogens with one attached hydrogen (secondary N) is 1. The molecule has 1 heterocycles. The Kier molecular flexibility index (Phi) is 2.98. The predicted octanol–water partition coefficient (Wildman–Crippen LogP) is 1.92. The second kappa shape index (κ2) is 3.81.